The quantitative estimate of drug-likeness (QED) is 0.879. The minimum Gasteiger partial charge on any atom is -0.490 e. The Morgan fingerprint density at radius 1 is 1.05 bits per heavy atom. The van der Waals surface area contributed by atoms with E-state index in [2.05, 4.69) is 0 Å². The number of ether oxygens (including phenoxy) is 2. The van der Waals surface area contributed by atoms with Gasteiger partial charge in [-0.1, -0.05) is 24.3 Å². The first-order valence-electron chi connectivity index (χ1n) is 6.58. The van der Waals surface area contributed by atoms with Gasteiger partial charge < -0.3 is 15.2 Å². The van der Waals surface area contributed by atoms with Gasteiger partial charge in [-0.2, -0.15) is 0 Å². The molecule has 0 heterocycles. The van der Waals surface area contributed by atoms with Crippen molar-refractivity contribution in [3.05, 3.63) is 59.9 Å². The minimum absolute atomic E-state index is 0.278. The summed E-state index contributed by atoms with van der Waals surface area (Å²) >= 11 is 0. The van der Waals surface area contributed by atoms with E-state index in [4.69, 9.17) is 15.2 Å². The van der Waals surface area contributed by atoms with Gasteiger partial charge in [0.1, 0.15) is 11.9 Å². The highest BCUT2D eigenvalue weighted by Gasteiger charge is 2.14. The molecule has 3 nitrogen and oxygen atoms in total. The van der Waals surface area contributed by atoms with Crippen LogP contribution in [0.4, 0.5) is 4.39 Å². The van der Waals surface area contributed by atoms with Crippen LogP contribution in [0.25, 0.3) is 0 Å². The van der Waals surface area contributed by atoms with Crippen LogP contribution in [0.1, 0.15) is 18.6 Å². The molecule has 0 bridgehead atoms. The molecular weight excluding hydrogens is 257 g/mol. The Bertz CT molecular complexity index is 542. The summed E-state index contributed by atoms with van der Waals surface area (Å²) in [6, 6.07) is 13.6. The van der Waals surface area contributed by atoms with Crippen molar-refractivity contribution in [1.82, 2.24) is 0 Å². The molecule has 0 amide bonds. The Labute approximate surface area is 118 Å². The third kappa shape index (κ3) is 3.48. The average Bonchev–Trinajstić information content (AvgIpc) is 2.48. The maximum Gasteiger partial charge on any atom is 0.162 e. The molecule has 4 heteroatoms. The highest BCUT2D eigenvalue weighted by molar-refractivity contribution is 5.40. The van der Waals surface area contributed by atoms with Gasteiger partial charge in [0.05, 0.1) is 6.61 Å². The molecule has 1 unspecified atom stereocenters. The molecule has 0 radical (unpaired) electrons. The van der Waals surface area contributed by atoms with E-state index < -0.39 is 0 Å². The molecule has 2 aromatic rings. The van der Waals surface area contributed by atoms with Gasteiger partial charge >= 0.3 is 0 Å². The van der Waals surface area contributed by atoms with Gasteiger partial charge in [-0.25, -0.2) is 4.39 Å². The van der Waals surface area contributed by atoms with Gasteiger partial charge in [0.25, 0.3) is 0 Å². The molecule has 0 fully saturated rings. The minimum atomic E-state index is -0.336. The highest BCUT2D eigenvalue weighted by atomic mass is 19.1. The predicted molar refractivity (Wildman–Crippen MR) is 76.4 cm³/mol. The number of hydrogen-bond donors (Lipinski definition) is 1. The zero-order chi connectivity index (χ0) is 14.4. The Balaban J connectivity index is 2.20. The number of rotatable bonds is 6. The fourth-order valence-corrected chi connectivity index (χ4v) is 1.91. The third-order valence-electron chi connectivity index (χ3n) is 2.87. The molecule has 0 saturated carbocycles. The van der Waals surface area contributed by atoms with E-state index in [9.17, 15) is 4.39 Å². The van der Waals surface area contributed by atoms with Crippen LogP contribution in [0.2, 0.25) is 0 Å². The first-order valence-corrected chi connectivity index (χ1v) is 6.58. The lowest BCUT2D eigenvalue weighted by atomic mass is 10.1. The van der Waals surface area contributed by atoms with Gasteiger partial charge in [-0.15, -0.1) is 0 Å². The molecule has 0 aliphatic carbocycles. The lowest BCUT2D eigenvalue weighted by molar-refractivity contribution is 0.200. The first-order chi connectivity index (χ1) is 9.74. The Morgan fingerprint density at radius 2 is 1.70 bits per heavy atom. The second-order valence-electron chi connectivity index (χ2n) is 4.27. The van der Waals surface area contributed by atoms with Crippen LogP contribution in [-0.4, -0.2) is 13.2 Å². The fraction of sp³-hybridized carbons (Fsp3) is 0.250. The van der Waals surface area contributed by atoms with Crippen LogP contribution in [0.5, 0.6) is 11.5 Å². The summed E-state index contributed by atoms with van der Waals surface area (Å²) in [6.45, 7) is 2.77. The average molecular weight is 275 g/mol. The van der Waals surface area contributed by atoms with Crippen LogP contribution in [-0.2, 0) is 0 Å². The van der Waals surface area contributed by atoms with E-state index in [0.29, 0.717) is 24.7 Å². The summed E-state index contributed by atoms with van der Waals surface area (Å²) < 4.78 is 24.4. The van der Waals surface area contributed by atoms with Crippen LogP contribution in [0.3, 0.4) is 0 Å². The number of halogens is 1. The van der Waals surface area contributed by atoms with Gasteiger partial charge in [0, 0.05) is 6.54 Å². The number of nitrogens with two attached hydrogens (primary N) is 1. The highest BCUT2D eigenvalue weighted by Crippen LogP contribution is 2.30. The molecule has 0 aromatic heterocycles. The first kappa shape index (κ1) is 14.3. The van der Waals surface area contributed by atoms with Crippen LogP contribution in [0.15, 0.2) is 48.5 Å². The smallest absolute Gasteiger partial charge is 0.162 e. The number of para-hydroxylation sites is 2. The van der Waals surface area contributed by atoms with Crippen LogP contribution in [0, 0.1) is 5.82 Å². The van der Waals surface area contributed by atoms with E-state index in [-0.39, 0.29) is 11.9 Å². The van der Waals surface area contributed by atoms with Crippen molar-refractivity contribution in [2.75, 3.05) is 13.2 Å². The van der Waals surface area contributed by atoms with Crippen LogP contribution >= 0.6 is 0 Å². The molecule has 0 aliphatic heterocycles. The molecule has 0 saturated heterocycles. The Kier molecular flexibility index (Phi) is 4.96. The zero-order valence-electron chi connectivity index (χ0n) is 11.4. The lowest BCUT2D eigenvalue weighted by Crippen LogP contribution is -2.18. The molecule has 20 heavy (non-hydrogen) atoms. The fourth-order valence-electron chi connectivity index (χ4n) is 1.91. The zero-order valence-corrected chi connectivity index (χ0v) is 11.4. The number of hydrogen-bond acceptors (Lipinski definition) is 3. The van der Waals surface area contributed by atoms with Crippen molar-refractivity contribution < 1.29 is 13.9 Å². The molecule has 0 aliphatic rings. The summed E-state index contributed by atoms with van der Waals surface area (Å²) in [7, 11) is 0. The van der Waals surface area contributed by atoms with E-state index in [1.807, 2.05) is 31.2 Å². The van der Waals surface area contributed by atoms with Gasteiger partial charge in [-0.05, 0) is 36.8 Å². The Morgan fingerprint density at radius 3 is 2.30 bits per heavy atom. The molecular formula is C16H18FNO2. The normalized spacial score (nSPS) is 11.9. The van der Waals surface area contributed by atoms with Gasteiger partial charge in [0.2, 0.25) is 0 Å². The predicted octanol–water partition coefficient (Wildman–Crippen LogP) is 3.30. The van der Waals surface area contributed by atoms with Crippen LogP contribution < -0.4 is 15.2 Å². The van der Waals surface area contributed by atoms with E-state index in [1.54, 1.807) is 12.1 Å². The topological polar surface area (TPSA) is 44.5 Å². The van der Waals surface area contributed by atoms with Crippen molar-refractivity contribution in [1.29, 1.82) is 0 Å². The standard InChI is InChI=1S/C16H18FNO2/c1-2-19-14-5-3-4-6-15(14)20-16(11-18)12-7-9-13(17)10-8-12/h3-10,16H,2,11,18H2,1H3. The third-order valence-corrected chi connectivity index (χ3v) is 2.87. The van der Waals surface area contributed by atoms with E-state index in [1.165, 1.54) is 12.1 Å². The van der Waals surface area contributed by atoms with Crippen molar-refractivity contribution in [3.8, 4) is 11.5 Å². The second kappa shape index (κ2) is 6.91. The summed E-state index contributed by atoms with van der Waals surface area (Å²) in [4.78, 5) is 0. The molecule has 2 N–H and O–H groups in total. The summed E-state index contributed by atoms with van der Waals surface area (Å²) in [6.07, 6.45) is -0.336. The molecule has 106 valence electrons. The second-order valence-corrected chi connectivity index (χ2v) is 4.27. The molecule has 2 rings (SSSR count). The number of benzene rings is 2. The molecule has 2 aromatic carbocycles. The SMILES string of the molecule is CCOc1ccccc1OC(CN)c1ccc(F)cc1. The van der Waals surface area contributed by atoms with Crippen molar-refractivity contribution >= 4 is 0 Å². The lowest BCUT2D eigenvalue weighted by Gasteiger charge is -2.19. The van der Waals surface area contributed by atoms with E-state index >= 15 is 0 Å². The van der Waals surface area contributed by atoms with Crippen molar-refractivity contribution in [2.45, 2.75) is 13.0 Å². The maximum absolute atomic E-state index is 13.0. The monoisotopic (exact) mass is 275 g/mol. The summed E-state index contributed by atoms with van der Waals surface area (Å²) in [5, 5.41) is 0. The maximum atomic E-state index is 13.0. The molecule has 1 atom stereocenters. The molecule has 0 spiro atoms. The van der Waals surface area contributed by atoms with Gasteiger partial charge in [0.15, 0.2) is 11.5 Å². The summed E-state index contributed by atoms with van der Waals surface area (Å²) in [5.41, 5.74) is 6.59. The largest absolute Gasteiger partial charge is 0.490 e. The Hall–Kier alpha value is -2.07. The van der Waals surface area contributed by atoms with E-state index in [0.717, 1.165) is 5.56 Å². The van der Waals surface area contributed by atoms with Crippen molar-refractivity contribution in [2.24, 2.45) is 5.73 Å². The summed E-state index contributed by atoms with van der Waals surface area (Å²) in [5.74, 6) is 1.03. The van der Waals surface area contributed by atoms with Crippen molar-refractivity contribution in [3.63, 3.8) is 0 Å². The van der Waals surface area contributed by atoms with Gasteiger partial charge in [-0.3, -0.25) is 0 Å².